The zero-order chi connectivity index (χ0) is 13.7. The monoisotopic (exact) mass is 255 g/mol. The lowest BCUT2D eigenvalue weighted by atomic mass is 10.3. The zero-order valence-corrected chi connectivity index (χ0v) is 9.46. The fourth-order valence-corrected chi connectivity index (χ4v) is 1.16. The van der Waals surface area contributed by atoms with Crippen LogP contribution in [0, 0.1) is 15.9 Å². The number of rotatable bonds is 5. The van der Waals surface area contributed by atoms with Gasteiger partial charge in [-0.2, -0.15) is 4.39 Å². The molecule has 0 aliphatic rings. The van der Waals surface area contributed by atoms with E-state index in [0.717, 1.165) is 12.1 Å². The van der Waals surface area contributed by atoms with E-state index < -0.39 is 28.5 Å². The number of ether oxygens (including phenoxy) is 2. The number of carbonyl (C=O) groups is 1. The molecule has 0 saturated heterocycles. The van der Waals surface area contributed by atoms with Gasteiger partial charge in [0.1, 0.15) is 5.75 Å². The third-order valence-electron chi connectivity index (χ3n) is 2.03. The van der Waals surface area contributed by atoms with Gasteiger partial charge in [0, 0.05) is 12.1 Å². The average molecular weight is 255 g/mol. The summed E-state index contributed by atoms with van der Waals surface area (Å²) in [6.45, 7) is 3.37. The third kappa shape index (κ3) is 3.03. The molecule has 0 amide bonds. The van der Waals surface area contributed by atoms with E-state index in [1.54, 1.807) is 0 Å². The largest absolute Gasteiger partial charge is 0.474 e. The normalized spacial score (nSPS) is 11.4. The summed E-state index contributed by atoms with van der Waals surface area (Å²) >= 11 is 0. The van der Waals surface area contributed by atoms with Gasteiger partial charge in [-0.3, -0.25) is 10.1 Å². The number of halogens is 1. The quantitative estimate of drug-likeness (QED) is 0.347. The molecule has 1 aromatic carbocycles. The number of methoxy groups -OCH3 is 1. The summed E-state index contributed by atoms with van der Waals surface area (Å²) in [5.74, 6) is -1.79. The molecule has 1 unspecified atom stereocenters. The molecule has 1 aromatic rings. The van der Waals surface area contributed by atoms with Crippen molar-refractivity contribution in [1.29, 1.82) is 0 Å². The molecule has 7 heteroatoms. The predicted molar refractivity (Wildman–Crippen MR) is 59.7 cm³/mol. The van der Waals surface area contributed by atoms with Gasteiger partial charge < -0.3 is 9.47 Å². The minimum absolute atomic E-state index is 0.0339. The molecule has 96 valence electrons. The van der Waals surface area contributed by atoms with Crippen molar-refractivity contribution in [3.63, 3.8) is 0 Å². The Morgan fingerprint density at radius 2 is 2.28 bits per heavy atom. The van der Waals surface area contributed by atoms with Crippen LogP contribution in [-0.2, 0) is 9.53 Å². The van der Waals surface area contributed by atoms with Crippen molar-refractivity contribution < 1.29 is 23.6 Å². The second-order valence-electron chi connectivity index (χ2n) is 3.17. The summed E-state index contributed by atoms with van der Waals surface area (Å²) in [6, 6.07) is 2.94. The van der Waals surface area contributed by atoms with Crippen LogP contribution in [0.3, 0.4) is 0 Å². The Labute approximate surface area is 102 Å². The van der Waals surface area contributed by atoms with E-state index in [-0.39, 0.29) is 5.75 Å². The van der Waals surface area contributed by atoms with Crippen LogP contribution in [0.4, 0.5) is 10.1 Å². The lowest BCUT2D eigenvalue weighted by molar-refractivity contribution is -0.387. The van der Waals surface area contributed by atoms with Gasteiger partial charge in [-0.25, -0.2) is 4.79 Å². The Hall–Kier alpha value is -2.44. The van der Waals surface area contributed by atoms with Crippen molar-refractivity contribution in [2.75, 3.05) is 7.11 Å². The molecule has 0 spiro atoms. The lowest BCUT2D eigenvalue weighted by Crippen LogP contribution is -2.26. The van der Waals surface area contributed by atoms with Gasteiger partial charge in [0.2, 0.25) is 11.9 Å². The highest BCUT2D eigenvalue weighted by atomic mass is 19.1. The minimum Gasteiger partial charge on any atom is -0.474 e. The van der Waals surface area contributed by atoms with Crippen molar-refractivity contribution >= 4 is 11.7 Å². The summed E-state index contributed by atoms with van der Waals surface area (Å²) in [7, 11) is 1.17. The topological polar surface area (TPSA) is 78.7 Å². The van der Waals surface area contributed by atoms with Gasteiger partial charge in [0.25, 0.3) is 0 Å². The van der Waals surface area contributed by atoms with Crippen LogP contribution < -0.4 is 4.74 Å². The highest BCUT2D eigenvalue weighted by Crippen LogP contribution is 2.23. The van der Waals surface area contributed by atoms with Crippen LogP contribution in [0.5, 0.6) is 5.75 Å². The molecule has 0 bridgehead atoms. The molecule has 0 fully saturated rings. The van der Waals surface area contributed by atoms with Crippen LogP contribution in [0.25, 0.3) is 0 Å². The first-order valence-corrected chi connectivity index (χ1v) is 4.80. The lowest BCUT2D eigenvalue weighted by Gasteiger charge is -2.12. The van der Waals surface area contributed by atoms with Crippen LogP contribution in [-0.4, -0.2) is 24.1 Å². The third-order valence-corrected chi connectivity index (χ3v) is 2.03. The summed E-state index contributed by atoms with van der Waals surface area (Å²) < 4.78 is 22.8. The first-order chi connectivity index (χ1) is 8.49. The smallest absolute Gasteiger partial charge is 0.351 e. The number of nitro benzene ring substituents is 1. The molecule has 0 saturated carbocycles. The highest BCUT2D eigenvalue weighted by Gasteiger charge is 2.19. The molecule has 0 radical (unpaired) electrons. The Morgan fingerprint density at radius 1 is 1.61 bits per heavy atom. The number of benzene rings is 1. The van der Waals surface area contributed by atoms with E-state index in [4.69, 9.17) is 4.74 Å². The van der Waals surface area contributed by atoms with Crippen molar-refractivity contribution in [3.05, 3.63) is 46.8 Å². The number of nitrogens with zero attached hydrogens (tertiary/aromatic N) is 1. The van der Waals surface area contributed by atoms with E-state index in [0.29, 0.717) is 0 Å². The Bertz CT molecular complexity index is 488. The average Bonchev–Trinajstić information content (AvgIpc) is 2.34. The summed E-state index contributed by atoms with van der Waals surface area (Å²) in [5.41, 5.74) is -0.671. The molecule has 0 aromatic heterocycles. The fraction of sp³-hybridized carbons (Fsp3) is 0.182. The molecular weight excluding hydrogens is 245 g/mol. The maximum Gasteiger partial charge on any atom is 0.351 e. The van der Waals surface area contributed by atoms with Gasteiger partial charge in [0.15, 0.2) is 0 Å². The summed E-state index contributed by atoms with van der Waals surface area (Å²) in [6.07, 6.45) is 0.0707. The second-order valence-corrected chi connectivity index (χ2v) is 3.17. The maximum absolute atomic E-state index is 13.3. The molecule has 0 N–H and O–H groups in total. The Balaban J connectivity index is 2.92. The SMILES string of the molecule is C=CC(Oc1ccc([N+](=O)[O-])c(F)c1)C(=O)OC. The molecule has 1 rings (SSSR count). The van der Waals surface area contributed by atoms with Crippen molar-refractivity contribution in [2.24, 2.45) is 0 Å². The standard InChI is InChI=1S/C11H10FNO5/c1-3-10(11(14)17-2)18-7-4-5-9(13(15)16)8(12)6-7/h3-6,10H,1H2,2H3. The Kier molecular flexibility index (Phi) is 4.36. The van der Waals surface area contributed by atoms with Crippen molar-refractivity contribution in [3.8, 4) is 5.75 Å². The van der Waals surface area contributed by atoms with Crippen LogP contribution in [0.2, 0.25) is 0 Å². The van der Waals surface area contributed by atoms with Gasteiger partial charge in [-0.05, 0) is 12.1 Å². The number of esters is 1. The van der Waals surface area contributed by atoms with Crippen LogP contribution >= 0.6 is 0 Å². The van der Waals surface area contributed by atoms with E-state index in [1.165, 1.54) is 19.3 Å². The molecule has 6 nitrogen and oxygen atoms in total. The number of carbonyl (C=O) groups excluding carboxylic acids is 1. The zero-order valence-electron chi connectivity index (χ0n) is 9.46. The minimum atomic E-state index is -1.10. The number of nitro groups is 1. The van der Waals surface area contributed by atoms with E-state index in [9.17, 15) is 19.3 Å². The second kappa shape index (κ2) is 5.76. The molecular formula is C11H10FNO5. The van der Waals surface area contributed by atoms with E-state index in [2.05, 4.69) is 11.3 Å². The first-order valence-electron chi connectivity index (χ1n) is 4.80. The van der Waals surface area contributed by atoms with E-state index in [1.807, 2.05) is 0 Å². The molecule has 0 aliphatic carbocycles. The van der Waals surface area contributed by atoms with Gasteiger partial charge in [-0.1, -0.05) is 6.58 Å². The molecule has 0 heterocycles. The highest BCUT2D eigenvalue weighted by molar-refractivity contribution is 5.77. The van der Waals surface area contributed by atoms with Crippen molar-refractivity contribution in [1.82, 2.24) is 0 Å². The fourth-order valence-electron chi connectivity index (χ4n) is 1.16. The Morgan fingerprint density at radius 3 is 2.72 bits per heavy atom. The molecule has 1 atom stereocenters. The van der Waals surface area contributed by atoms with Gasteiger partial charge >= 0.3 is 11.7 Å². The predicted octanol–water partition coefficient (Wildman–Crippen LogP) is 1.84. The van der Waals surface area contributed by atoms with Gasteiger partial charge in [-0.15, -0.1) is 0 Å². The number of hydrogen-bond donors (Lipinski definition) is 0. The maximum atomic E-state index is 13.3. The summed E-state index contributed by atoms with van der Waals surface area (Å²) in [5, 5.41) is 10.4. The molecule has 0 aliphatic heterocycles. The number of hydrogen-bond acceptors (Lipinski definition) is 5. The van der Waals surface area contributed by atoms with Crippen LogP contribution in [0.1, 0.15) is 0 Å². The van der Waals surface area contributed by atoms with E-state index >= 15 is 0 Å². The van der Waals surface area contributed by atoms with Gasteiger partial charge in [0.05, 0.1) is 12.0 Å². The molecule has 18 heavy (non-hydrogen) atoms. The first kappa shape index (κ1) is 13.6. The van der Waals surface area contributed by atoms with Crippen molar-refractivity contribution in [2.45, 2.75) is 6.10 Å². The van der Waals surface area contributed by atoms with Crippen LogP contribution in [0.15, 0.2) is 30.9 Å². The summed E-state index contributed by atoms with van der Waals surface area (Å²) in [4.78, 5) is 20.7.